The normalized spacial score (nSPS) is 10.9. The molecule has 0 fully saturated rings. The fraction of sp³-hybridized carbons (Fsp3) is 0.286. The smallest absolute Gasteiger partial charge is 0.198 e. The lowest BCUT2D eigenvalue weighted by atomic mass is 10.6. The molecule has 0 saturated carbocycles. The van der Waals surface area contributed by atoms with Crippen molar-refractivity contribution in [3.8, 4) is 0 Å². The summed E-state index contributed by atoms with van der Waals surface area (Å²) < 4.78 is 1.85. The largest absolute Gasteiger partial charge is 0.282 e. The van der Waals surface area contributed by atoms with Crippen molar-refractivity contribution in [2.24, 2.45) is 0 Å². The van der Waals surface area contributed by atoms with Crippen molar-refractivity contribution in [2.75, 3.05) is 6.26 Å². The van der Waals surface area contributed by atoms with Crippen LogP contribution in [0.4, 0.5) is 0 Å². The Morgan fingerprint density at radius 1 is 1.54 bits per heavy atom. The molecule has 0 N–H and O–H groups in total. The number of nitrogens with zero attached hydrogens (tertiary/aromatic N) is 4. The lowest BCUT2D eigenvalue weighted by Crippen LogP contribution is -1.92. The first-order valence-electron chi connectivity index (χ1n) is 3.66. The van der Waals surface area contributed by atoms with Crippen LogP contribution < -0.4 is 0 Å². The van der Waals surface area contributed by atoms with Gasteiger partial charge in [-0.25, -0.2) is 4.98 Å². The van der Waals surface area contributed by atoms with Gasteiger partial charge in [0.15, 0.2) is 10.8 Å². The second kappa shape index (κ2) is 3.51. The summed E-state index contributed by atoms with van der Waals surface area (Å²) in [5.74, 6) is 1.72. The molecule has 4 nitrogen and oxygen atoms in total. The van der Waals surface area contributed by atoms with E-state index in [2.05, 4.69) is 15.2 Å². The number of hydrogen-bond acceptors (Lipinski definition) is 4. The molecule has 0 radical (unpaired) electrons. The van der Waals surface area contributed by atoms with Gasteiger partial charge in [-0.2, -0.15) is 11.8 Å². The van der Waals surface area contributed by atoms with Crippen LogP contribution in [0.25, 0.3) is 5.65 Å². The van der Waals surface area contributed by atoms with Crippen LogP contribution in [-0.4, -0.2) is 25.8 Å². The number of thioether (sulfide) groups is 1. The topological polar surface area (TPSA) is 43.1 Å². The number of halogens is 1. The molecule has 0 aromatic carbocycles. The molecule has 0 aliphatic heterocycles. The van der Waals surface area contributed by atoms with Crippen molar-refractivity contribution in [2.45, 2.75) is 5.75 Å². The molecular weight excluding hydrogens is 208 g/mol. The van der Waals surface area contributed by atoms with Gasteiger partial charge in [-0.05, 0) is 6.26 Å². The summed E-state index contributed by atoms with van der Waals surface area (Å²) in [6.07, 6.45) is 5.47. The van der Waals surface area contributed by atoms with Crippen LogP contribution in [0.5, 0.6) is 0 Å². The predicted molar refractivity (Wildman–Crippen MR) is 53.0 cm³/mol. The molecule has 13 heavy (non-hydrogen) atoms. The molecule has 0 saturated heterocycles. The number of aromatic nitrogens is 4. The Labute approximate surface area is 84.3 Å². The van der Waals surface area contributed by atoms with E-state index in [1.54, 1.807) is 18.0 Å². The summed E-state index contributed by atoms with van der Waals surface area (Å²) in [6, 6.07) is 0. The summed E-state index contributed by atoms with van der Waals surface area (Å²) in [5.41, 5.74) is 0.619. The average molecular weight is 215 g/mol. The van der Waals surface area contributed by atoms with Crippen molar-refractivity contribution < 1.29 is 0 Å². The first kappa shape index (κ1) is 8.77. The summed E-state index contributed by atoms with van der Waals surface area (Å²) in [7, 11) is 0. The van der Waals surface area contributed by atoms with E-state index in [0.29, 0.717) is 10.8 Å². The summed E-state index contributed by atoms with van der Waals surface area (Å²) in [5, 5.41) is 8.35. The van der Waals surface area contributed by atoms with Gasteiger partial charge in [-0.3, -0.25) is 4.40 Å². The molecule has 0 bridgehead atoms. The van der Waals surface area contributed by atoms with E-state index >= 15 is 0 Å². The zero-order valence-electron chi connectivity index (χ0n) is 6.94. The number of rotatable bonds is 2. The minimum absolute atomic E-state index is 0.391. The highest BCUT2D eigenvalue weighted by Gasteiger charge is 2.07. The minimum Gasteiger partial charge on any atom is -0.282 e. The highest BCUT2D eigenvalue weighted by molar-refractivity contribution is 7.97. The molecule has 0 spiro atoms. The molecule has 2 aromatic heterocycles. The first-order valence-corrected chi connectivity index (χ1v) is 5.43. The van der Waals surface area contributed by atoms with Gasteiger partial charge in [0, 0.05) is 12.4 Å². The Kier molecular flexibility index (Phi) is 2.37. The van der Waals surface area contributed by atoms with Gasteiger partial charge in [-0.15, -0.1) is 10.2 Å². The molecule has 2 aromatic rings. The van der Waals surface area contributed by atoms with Gasteiger partial charge < -0.3 is 0 Å². The predicted octanol–water partition coefficient (Wildman–Crippen LogP) is 1.64. The van der Waals surface area contributed by atoms with E-state index in [1.807, 2.05) is 16.9 Å². The Hall–Kier alpha value is -0.810. The highest BCUT2D eigenvalue weighted by Crippen LogP contribution is 2.14. The Bertz CT molecular complexity index is 427. The van der Waals surface area contributed by atoms with Crippen LogP contribution in [0, 0.1) is 0 Å². The number of fused-ring (bicyclic) bond motifs is 1. The fourth-order valence-corrected chi connectivity index (χ4v) is 1.71. The molecule has 2 heterocycles. The third-order valence-corrected chi connectivity index (χ3v) is 2.44. The van der Waals surface area contributed by atoms with Gasteiger partial charge in [0.05, 0.1) is 5.75 Å². The van der Waals surface area contributed by atoms with Gasteiger partial charge in [0.2, 0.25) is 0 Å². The Morgan fingerprint density at radius 2 is 2.38 bits per heavy atom. The molecule has 2 rings (SSSR count). The first-order chi connectivity index (χ1) is 6.33. The highest BCUT2D eigenvalue weighted by atomic mass is 35.5. The van der Waals surface area contributed by atoms with Gasteiger partial charge in [0.1, 0.15) is 5.82 Å². The standard InChI is InChI=1S/C7H7ClN4S/c1-13-4-5-10-11-7-6(8)9-2-3-12(5)7/h2-3H,4H2,1H3. The number of hydrogen-bond donors (Lipinski definition) is 0. The van der Waals surface area contributed by atoms with Crippen molar-refractivity contribution in [3.63, 3.8) is 0 Å². The van der Waals surface area contributed by atoms with Crippen LogP contribution in [0.15, 0.2) is 12.4 Å². The Balaban J connectivity index is 2.61. The average Bonchev–Trinajstić information content (AvgIpc) is 2.51. The second-order valence-corrected chi connectivity index (χ2v) is 3.68. The van der Waals surface area contributed by atoms with Crippen LogP contribution in [0.1, 0.15) is 5.82 Å². The second-order valence-electron chi connectivity index (χ2n) is 2.46. The molecule has 0 amide bonds. The van der Waals surface area contributed by atoms with Gasteiger partial charge >= 0.3 is 0 Å². The minimum atomic E-state index is 0.391. The zero-order chi connectivity index (χ0) is 9.26. The van der Waals surface area contributed by atoms with E-state index in [0.717, 1.165) is 11.6 Å². The van der Waals surface area contributed by atoms with Crippen molar-refractivity contribution in [1.29, 1.82) is 0 Å². The monoisotopic (exact) mass is 214 g/mol. The summed E-state index contributed by atoms with van der Waals surface area (Å²) in [6.45, 7) is 0. The van der Waals surface area contributed by atoms with Crippen LogP contribution >= 0.6 is 23.4 Å². The van der Waals surface area contributed by atoms with E-state index in [-0.39, 0.29) is 0 Å². The van der Waals surface area contributed by atoms with Crippen molar-refractivity contribution in [1.82, 2.24) is 19.6 Å². The van der Waals surface area contributed by atoms with E-state index in [1.165, 1.54) is 0 Å². The Morgan fingerprint density at radius 3 is 3.15 bits per heavy atom. The molecule has 68 valence electrons. The molecule has 0 atom stereocenters. The summed E-state index contributed by atoms with van der Waals surface area (Å²) in [4.78, 5) is 3.92. The molecule has 6 heteroatoms. The lowest BCUT2D eigenvalue weighted by Gasteiger charge is -1.96. The molecule has 0 unspecified atom stereocenters. The maximum Gasteiger partial charge on any atom is 0.198 e. The zero-order valence-corrected chi connectivity index (χ0v) is 8.51. The molecule has 0 aliphatic rings. The third-order valence-electron chi connectivity index (χ3n) is 1.63. The SMILES string of the molecule is CSCc1nnc2c(Cl)nccn12. The third kappa shape index (κ3) is 1.49. The maximum absolute atomic E-state index is 5.83. The summed E-state index contributed by atoms with van der Waals surface area (Å²) >= 11 is 7.52. The lowest BCUT2D eigenvalue weighted by molar-refractivity contribution is 0.987. The van der Waals surface area contributed by atoms with Gasteiger partial charge in [0.25, 0.3) is 0 Å². The quantitative estimate of drug-likeness (QED) is 0.763. The van der Waals surface area contributed by atoms with E-state index in [9.17, 15) is 0 Å². The van der Waals surface area contributed by atoms with E-state index < -0.39 is 0 Å². The maximum atomic E-state index is 5.83. The molecular formula is C7H7ClN4S. The van der Waals surface area contributed by atoms with Crippen LogP contribution in [0.3, 0.4) is 0 Å². The van der Waals surface area contributed by atoms with Crippen molar-refractivity contribution >= 4 is 29.0 Å². The van der Waals surface area contributed by atoms with Crippen LogP contribution in [0.2, 0.25) is 5.15 Å². The fourth-order valence-electron chi connectivity index (χ4n) is 1.07. The molecule has 0 aliphatic carbocycles. The van der Waals surface area contributed by atoms with E-state index in [4.69, 9.17) is 11.6 Å². The van der Waals surface area contributed by atoms with Crippen LogP contribution in [-0.2, 0) is 5.75 Å². The van der Waals surface area contributed by atoms with Gasteiger partial charge in [-0.1, -0.05) is 11.6 Å². The van der Waals surface area contributed by atoms with Crippen molar-refractivity contribution in [3.05, 3.63) is 23.4 Å².